The van der Waals surface area contributed by atoms with Crippen molar-refractivity contribution in [3.8, 4) is 0 Å². The number of carbonyl (C=O) groups excluding carboxylic acids is 3. The highest BCUT2D eigenvalue weighted by Crippen LogP contribution is 2.35. The molecular formula is C26H41N3O4. The van der Waals surface area contributed by atoms with Crippen LogP contribution in [0.3, 0.4) is 0 Å². The van der Waals surface area contributed by atoms with Crippen molar-refractivity contribution in [2.24, 2.45) is 0 Å². The smallest absolute Gasteiger partial charge is 0.408 e. The van der Waals surface area contributed by atoms with Crippen LogP contribution in [-0.4, -0.2) is 46.0 Å². The Labute approximate surface area is 198 Å². The average Bonchev–Trinajstić information content (AvgIpc) is 2.59. The Balaban J connectivity index is 2.46. The highest BCUT2D eigenvalue weighted by molar-refractivity contribution is 5.92. The van der Waals surface area contributed by atoms with Crippen LogP contribution in [0.1, 0.15) is 90.5 Å². The minimum Gasteiger partial charge on any atom is -0.444 e. The van der Waals surface area contributed by atoms with E-state index in [9.17, 15) is 14.4 Å². The second-order valence-corrected chi connectivity index (χ2v) is 11.1. The third-order valence-electron chi connectivity index (χ3n) is 5.79. The Morgan fingerprint density at radius 3 is 2.15 bits per heavy atom. The average molecular weight is 460 g/mol. The summed E-state index contributed by atoms with van der Waals surface area (Å²) in [5.41, 5.74) is 1.72. The number of nitrogens with one attached hydrogen (secondary N) is 2. The topological polar surface area (TPSA) is 87.7 Å². The summed E-state index contributed by atoms with van der Waals surface area (Å²) in [5.74, 6) is -0.513. The number of amides is 3. The number of nitrogens with zero attached hydrogens (tertiary/aromatic N) is 1. The monoisotopic (exact) mass is 459 g/mol. The van der Waals surface area contributed by atoms with Gasteiger partial charge in [0.05, 0.1) is 0 Å². The molecule has 1 fully saturated rings. The number of hydrogen-bond donors (Lipinski definition) is 2. The third-order valence-corrected chi connectivity index (χ3v) is 5.79. The molecule has 0 bridgehead atoms. The van der Waals surface area contributed by atoms with Gasteiger partial charge in [-0.2, -0.15) is 0 Å². The lowest BCUT2D eigenvalue weighted by molar-refractivity contribution is -0.147. The highest BCUT2D eigenvalue weighted by Gasteiger charge is 2.42. The van der Waals surface area contributed by atoms with Gasteiger partial charge in [0.1, 0.15) is 17.7 Å². The third kappa shape index (κ3) is 7.21. The van der Waals surface area contributed by atoms with Gasteiger partial charge >= 0.3 is 6.09 Å². The SMILES string of the molecule is Cc1cccc(C(C(=O)NC(C)(C)C)N(C(=O)C(C)NC(=O)OC(C)(C)C)C2CCC2)c1C. The van der Waals surface area contributed by atoms with Crippen LogP contribution in [0, 0.1) is 13.8 Å². The van der Waals surface area contributed by atoms with Crippen LogP contribution in [-0.2, 0) is 14.3 Å². The molecule has 3 amide bonds. The summed E-state index contributed by atoms with van der Waals surface area (Å²) >= 11 is 0. The van der Waals surface area contributed by atoms with Gasteiger partial charge in [-0.25, -0.2) is 4.79 Å². The molecule has 184 valence electrons. The molecule has 0 radical (unpaired) electrons. The second kappa shape index (κ2) is 10.1. The van der Waals surface area contributed by atoms with Gasteiger partial charge in [-0.05, 0) is 98.3 Å². The maximum absolute atomic E-state index is 13.7. The zero-order chi connectivity index (χ0) is 25.1. The summed E-state index contributed by atoms with van der Waals surface area (Å²) < 4.78 is 5.33. The molecule has 33 heavy (non-hydrogen) atoms. The Hall–Kier alpha value is -2.57. The molecule has 0 spiro atoms. The molecule has 1 aliphatic carbocycles. The van der Waals surface area contributed by atoms with Crippen molar-refractivity contribution in [1.29, 1.82) is 0 Å². The first-order valence-corrected chi connectivity index (χ1v) is 11.8. The minimum absolute atomic E-state index is 0.0592. The van der Waals surface area contributed by atoms with Crippen molar-refractivity contribution in [1.82, 2.24) is 15.5 Å². The largest absolute Gasteiger partial charge is 0.444 e. The quantitative estimate of drug-likeness (QED) is 0.653. The summed E-state index contributed by atoms with van der Waals surface area (Å²) in [5, 5.41) is 5.72. The molecule has 1 aromatic rings. The van der Waals surface area contributed by atoms with Gasteiger partial charge < -0.3 is 20.3 Å². The van der Waals surface area contributed by atoms with E-state index in [2.05, 4.69) is 10.6 Å². The van der Waals surface area contributed by atoms with E-state index in [1.807, 2.05) is 52.8 Å². The van der Waals surface area contributed by atoms with Gasteiger partial charge in [0.15, 0.2) is 0 Å². The molecule has 1 saturated carbocycles. The first-order chi connectivity index (χ1) is 15.1. The fourth-order valence-corrected chi connectivity index (χ4v) is 3.88. The zero-order valence-corrected chi connectivity index (χ0v) is 21.7. The zero-order valence-electron chi connectivity index (χ0n) is 21.7. The lowest BCUT2D eigenvalue weighted by atomic mass is 9.86. The number of aryl methyl sites for hydroxylation is 1. The molecule has 2 N–H and O–H groups in total. The fraction of sp³-hybridized carbons (Fsp3) is 0.654. The Morgan fingerprint density at radius 2 is 1.67 bits per heavy atom. The highest BCUT2D eigenvalue weighted by atomic mass is 16.6. The van der Waals surface area contributed by atoms with Crippen LogP contribution >= 0.6 is 0 Å². The molecule has 2 rings (SSSR count). The lowest BCUT2D eigenvalue weighted by Gasteiger charge is -2.44. The number of ether oxygens (including phenoxy) is 1. The molecule has 0 heterocycles. The number of hydrogen-bond acceptors (Lipinski definition) is 4. The normalized spacial score (nSPS) is 16.3. The van der Waals surface area contributed by atoms with E-state index < -0.39 is 29.3 Å². The summed E-state index contributed by atoms with van der Waals surface area (Å²) in [4.78, 5) is 41.4. The van der Waals surface area contributed by atoms with Crippen molar-refractivity contribution in [3.63, 3.8) is 0 Å². The molecule has 0 saturated heterocycles. The van der Waals surface area contributed by atoms with Gasteiger partial charge in [0.25, 0.3) is 0 Å². The van der Waals surface area contributed by atoms with E-state index in [-0.39, 0.29) is 17.9 Å². The standard InChI is InChI=1S/C26H41N3O4/c1-16-12-10-15-20(17(16)2)21(22(30)28-25(4,5)6)29(19-13-11-14-19)23(31)18(3)27-24(32)33-26(7,8)9/h10,12,15,18-19,21H,11,13-14H2,1-9H3,(H,27,32)(H,28,30). The van der Waals surface area contributed by atoms with E-state index >= 15 is 0 Å². The van der Waals surface area contributed by atoms with Gasteiger partial charge in [-0.1, -0.05) is 18.2 Å². The number of carbonyl (C=O) groups is 3. The van der Waals surface area contributed by atoms with E-state index in [4.69, 9.17) is 4.74 Å². The number of benzene rings is 1. The maximum atomic E-state index is 13.7. The summed E-state index contributed by atoms with van der Waals surface area (Å²) in [7, 11) is 0. The maximum Gasteiger partial charge on any atom is 0.408 e. The molecule has 7 nitrogen and oxygen atoms in total. The van der Waals surface area contributed by atoms with Gasteiger partial charge in [0, 0.05) is 11.6 Å². The van der Waals surface area contributed by atoms with Crippen LogP contribution in [0.15, 0.2) is 18.2 Å². The summed E-state index contributed by atoms with van der Waals surface area (Å²) in [6.07, 6.45) is 2.01. The van der Waals surface area contributed by atoms with E-state index in [0.29, 0.717) is 0 Å². The van der Waals surface area contributed by atoms with Crippen molar-refractivity contribution in [2.75, 3.05) is 0 Å². The van der Waals surface area contributed by atoms with E-state index in [0.717, 1.165) is 36.0 Å². The second-order valence-electron chi connectivity index (χ2n) is 11.1. The van der Waals surface area contributed by atoms with Gasteiger partial charge in [0.2, 0.25) is 11.8 Å². The molecule has 7 heteroatoms. The van der Waals surface area contributed by atoms with Crippen molar-refractivity contribution >= 4 is 17.9 Å². The number of alkyl carbamates (subject to hydrolysis) is 1. The van der Waals surface area contributed by atoms with Gasteiger partial charge in [-0.15, -0.1) is 0 Å². The first-order valence-electron chi connectivity index (χ1n) is 11.8. The van der Waals surface area contributed by atoms with Crippen LogP contribution in [0.4, 0.5) is 4.79 Å². The predicted octanol–water partition coefficient (Wildman–Crippen LogP) is 4.55. The van der Waals surface area contributed by atoms with Crippen molar-refractivity contribution in [3.05, 3.63) is 34.9 Å². The number of rotatable bonds is 6. The van der Waals surface area contributed by atoms with E-state index in [1.165, 1.54) is 0 Å². The lowest BCUT2D eigenvalue weighted by Crippen LogP contribution is -2.58. The molecule has 0 aliphatic heterocycles. The van der Waals surface area contributed by atoms with E-state index in [1.54, 1.807) is 32.6 Å². The predicted molar refractivity (Wildman–Crippen MR) is 130 cm³/mol. The van der Waals surface area contributed by atoms with Crippen LogP contribution in [0.5, 0.6) is 0 Å². The summed E-state index contributed by atoms with van der Waals surface area (Å²) in [6, 6.07) is 4.15. The Kier molecular flexibility index (Phi) is 8.20. The first kappa shape index (κ1) is 26.7. The van der Waals surface area contributed by atoms with Crippen molar-refractivity contribution in [2.45, 2.75) is 111 Å². The van der Waals surface area contributed by atoms with Crippen LogP contribution in [0.25, 0.3) is 0 Å². The minimum atomic E-state index is -0.837. The molecule has 1 aliphatic rings. The Morgan fingerprint density at radius 1 is 1.06 bits per heavy atom. The van der Waals surface area contributed by atoms with Crippen molar-refractivity contribution < 1.29 is 19.1 Å². The summed E-state index contributed by atoms with van der Waals surface area (Å²) in [6.45, 7) is 16.7. The molecule has 0 aromatic heterocycles. The Bertz CT molecular complexity index is 879. The van der Waals surface area contributed by atoms with Gasteiger partial charge in [-0.3, -0.25) is 9.59 Å². The van der Waals surface area contributed by atoms with Crippen LogP contribution in [0.2, 0.25) is 0 Å². The molecule has 2 atom stereocenters. The fourth-order valence-electron chi connectivity index (χ4n) is 3.88. The molecule has 2 unspecified atom stereocenters. The molecular weight excluding hydrogens is 418 g/mol. The van der Waals surface area contributed by atoms with Crippen LogP contribution < -0.4 is 10.6 Å². The molecule has 1 aromatic carbocycles.